The molecule has 0 bridgehead atoms. The highest BCUT2D eigenvalue weighted by molar-refractivity contribution is 7.12. The van der Waals surface area contributed by atoms with Crippen LogP contribution in [0.5, 0.6) is 0 Å². The minimum Gasteiger partial charge on any atom is -0.366 e. The number of carbonyl (C=O) groups is 1. The minimum atomic E-state index is -0.252. The van der Waals surface area contributed by atoms with Gasteiger partial charge in [0.05, 0.1) is 10.6 Å². The standard InChI is InChI=1S/C22H21N5O2S/c1-14-6-7-24-20-18(14)19(16(13-23)21(28)27(20)15-4-5-15)25-8-10-26(11-9-25)22(29)17-3-2-12-30-17/h2-3,6-7,12,15H,4-5,8-11H2,1H3. The summed E-state index contributed by atoms with van der Waals surface area (Å²) in [4.78, 5) is 35.1. The van der Waals surface area contributed by atoms with Crippen LogP contribution in [0.2, 0.25) is 0 Å². The number of rotatable bonds is 3. The van der Waals surface area contributed by atoms with Crippen molar-refractivity contribution in [1.82, 2.24) is 14.5 Å². The number of pyridine rings is 2. The zero-order valence-corrected chi connectivity index (χ0v) is 17.5. The van der Waals surface area contributed by atoms with Gasteiger partial charge >= 0.3 is 0 Å². The monoisotopic (exact) mass is 419 g/mol. The first-order valence-electron chi connectivity index (χ1n) is 10.1. The summed E-state index contributed by atoms with van der Waals surface area (Å²) in [5.74, 6) is 0.0389. The first-order valence-corrected chi connectivity index (χ1v) is 11.0. The molecule has 1 aliphatic heterocycles. The number of hydrogen-bond donors (Lipinski definition) is 0. The smallest absolute Gasteiger partial charge is 0.272 e. The Labute approximate surface area is 177 Å². The highest BCUT2D eigenvalue weighted by atomic mass is 32.1. The van der Waals surface area contributed by atoms with Gasteiger partial charge in [0.25, 0.3) is 11.5 Å². The lowest BCUT2D eigenvalue weighted by Crippen LogP contribution is -2.49. The number of hydrogen-bond acceptors (Lipinski definition) is 6. The van der Waals surface area contributed by atoms with Crippen molar-refractivity contribution in [2.45, 2.75) is 25.8 Å². The SMILES string of the molecule is Cc1ccnc2c1c(N1CCN(C(=O)c3cccs3)CC1)c(C#N)c(=O)n2C1CC1. The average molecular weight is 420 g/mol. The fourth-order valence-electron chi connectivity index (χ4n) is 4.24. The highest BCUT2D eigenvalue weighted by Gasteiger charge is 2.32. The molecule has 1 amide bonds. The Bertz CT molecular complexity index is 1230. The van der Waals surface area contributed by atoms with Gasteiger partial charge in [0.2, 0.25) is 0 Å². The van der Waals surface area contributed by atoms with Crippen molar-refractivity contribution in [3.8, 4) is 6.07 Å². The van der Waals surface area contributed by atoms with E-state index in [9.17, 15) is 14.9 Å². The molecular formula is C22H21N5O2S. The van der Waals surface area contributed by atoms with Crippen LogP contribution in [0, 0.1) is 18.3 Å². The van der Waals surface area contributed by atoms with E-state index in [1.807, 2.05) is 35.4 Å². The molecule has 3 aromatic rings. The first kappa shape index (κ1) is 18.8. The second-order valence-corrected chi connectivity index (χ2v) is 8.77. The van der Waals surface area contributed by atoms with E-state index in [0.29, 0.717) is 37.5 Å². The molecule has 0 atom stereocenters. The van der Waals surface area contributed by atoms with E-state index in [4.69, 9.17) is 0 Å². The van der Waals surface area contributed by atoms with Crippen LogP contribution >= 0.6 is 11.3 Å². The molecule has 7 nitrogen and oxygen atoms in total. The van der Waals surface area contributed by atoms with E-state index in [1.54, 1.807) is 10.8 Å². The third-order valence-electron chi connectivity index (χ3n) is 5.91. The van der Waals surface area contributed by atoms with Crippen LogP contribution in [0.25, 0.3) is 11.0 Å². The molecule has 0 aromatic carbocycles. The molecule has 30 heavy (non-hydrogen) atoms. The summed E-state index contributed by atoms with van der Waals surface area (Å²) in [5, 5.41) is 12.7. The van der Waals surface area contributed by atoms with Crippen LogP contribution in [0.3, 0.4) is 0 Å². The molecule has 152 valence electrons. The quantitative estimate of drug-likeness (QED) is 0.652. The number of aryl methyl sites for hydroxylation is 1. The maximum absolute atomic E-state index is 13.2. The Morgan fingerprint density at radius 2 is 2.00 bits per heavy atom. The summed E-state index contributed by atoms with van der Waals surface area (Å²) >= 11 is 1.44. The molecule has 0 radical (unpaired) electrons. The minimum absolute atomic E-state index is 0.0389. The highest BCUT2D eigenvalue weighted by Crippen LogP contribution is 2.39. The summed E-state index contributed by atoms with van der Waals surface area (Å²) in [6, 6.07) is 7.95. The molecule has 0 unspecified atom stereocenters. The Morgan fingerprint density at radius 1 is 1.23 bits per heavy atom. The molecule has 3 aromatic heterocycles. The number of piperazine rings is 1. The van der Waals surface area contributed by atoms with Crippen molar-refractivity contribution in [3.63, 3.8) is 0 Å². The van der Waals surface area contributed by atoms with Gasteiger partial charge in [0.1, 0.15) is 17.3 Å². The molecule has 1 saturated heterocycles. The molecule has 1 aliphatic carbocycles. The number of nitrogens with zero attached hydrogens (tertiary/aromatic N) is 5. The van der Waals surface area contributed by atoms with Crippen molar-refractivity contribution in [2.24, 2.45) is 0 Å². The Hall–Kier alpha value is -3.18. The molecule has 8 heteroatoms. The lowest BCUT2D eigenvalue weighted by atomic mass is 10.1. The summed E-state index contributed by atoms with van der Waals surface area (Å²) in [6.07, 6.45) is 3.61. The number of nitriles is 1. The van der Waals surface area contributed by atoms with Gasteiger partial charge in [0.15, 0.2) is 0 Å². The summed E-state index contributed by atoms with van der Waals surface area (Å²) in [6.45, 7) is 4.24. The van der Waals surface area contributed by atoms with Crippen molar-refractivity contribution >= 4 is 34.0 Å². The van der Waals surface area contributed by atoms with E-state index in [2.05, 4.69) is 16.0 Å². The molecule has 5 rings (SSSR count). The van der Waals surface area contributed by atoms with Crippen molar-refractivity contribution in [3.05, 3.63) is 56.1 Å². The molecule has 4 heterocycles. The predicted molar refractivity (Wildman–Crippen MR) is 116 cm³/mol. The number of fused-ring (bicyclic) bond motifs is 1. The fraction of sp³-hybridized carbons (Fsp3) is 0.364. The zero-order chi connectivity index (χ0) is 20.8. The third-order valence-corrected chi connectivity index (χ3v) is 6.77. The summed E-state index contributed by atoms with van der Waals surface area (Å²) in [7, 11) is 0. The van der Waals surface area contributed by atoms with Gasteiger partial charge in [-0.15, -0.1) is 11.3 Å². The van der Waals surface area contributed by atoms with Gasteiger partial charge in [-0.05, 0) is 42.8 Å². The summed E-state index contributed by atoms with van der Waals surface area (Å²) < 4.78 is 1.71. The van der Waals surface area contributed by atoms with E-state index < -0.39 is 0 Å². The van der Waals surface area contributed by atoms with E-state index in [1.165, 1.54) is 11.3 Å². The van der Waals surface area contributed by atoms with Crippen LogP contribution in [0.15, 0.2) is 34.6 Å². The molecule has 0 spiro atoms. The number of anilines is 1. The molecule has 0 N–H and O–H groups in total. The summed E-state index contributed by atoms with van der Waals surface area (Å²) in [5.41, 5.74) is 2.26. The van der Waals surface area contributed by atoms with Crippen molar-refractivity contribution in [1.29, 1.82) is 5.26 Å². The number of aromatic nitrogens is 2. The van der Waals surface area contributed by atoms with E-state index >= 15 is 0 Å². The second-order valence-electron chi connectivity index (χ2n) is 7.82. The lowest BCUT2D eigenvalue weighted by Gasteiger charge is -2.37. The number of thiophene rings is 1. The van der Waals surface area contributed by atoms with E-state index in [-0.39, 0.29) is 23.1 Å². The number of carbonyl (C=O) groups excluding carboxylic acids is 1. The number of amides is 1. The average Bonchev–Trinajstić information content (AvgIpc) is 3.44. The first-order chi connectivity index (χ1) is 14.6. The zero-order valence-electron chi connectivity index (χ0n) is 16.7. The van der Waals surface area contributed by atoms with Crippen molar-refractivity contribution in [2.75, 3.05) is 31.1 Å². The molecular weight excluding hydrogens is 398 g/mol. The molecule has 2 fully saturated rings. The Balaban J connectivity index is 1.55. The van der Waals surface area contributed by atoms with Crippen LogP contribution < -0.4 is 10.5 Å². The van der Waals surface area contributed by atoms with Gasteiger partial charge in [-0.3, -0.25) is 14.2 Å². The van der Waals surface area contributed by atoms with Gasteiger partial charge in [-0.25, -0.2) is 4.98 Å². The second kappa shape index (κ2) is 7.26. The topological polar surface area (TPSA) is 82.2 Å². The van der Waals surface area contributed by atoms with Crippen LogP contribution in [0.1, 0.15) is 39.7 Å². The maximum atomic E-state index is 13.2. The van der Waals surface area contributed by atoms with Gasteiger partial charge < -0.3 is 9.80 Å². The Kier molecular flexibility index (Phi) is 4.55. The largest absolute Gasteiger partial charge is 0.366 e. The van der Waals surface area contributed by atoms with Gasteiger partial charge in [-0.1, -0.05) is 6.07 Å². The predicted octanol–water partition coefficient (Wildman–Crippen LogP) is 2.94. The Morgan fingerprint density at radius 3 is 2.63 bits per heavy atom. The van der Waals surface area contributed by atoms with E-state index in [0.717, 1.165) is 28.7 Å². The van der Waals surface area contributed by atoms with Crippen LogP contribution in [-0.2, 0) is 0 Å². The van der Waals surface area contributed by atoms with Crippen molar-refractivity contribution < 1.29 is 4.79 Å². The van der Waals surface area contributed by atoms with Gasteiger partial charge in [-0.2, -0.15) is 5.26 Å². The lowest BCUT2D eigenvalue weighted by molar-refractivity contribution is 0.0751. The van der Waals surface area contributed by atoms with Crippen LogP contribution in [0.4, 0.5) is 5.69 Å². The molecule has 1 saturated carbocycles. The maximum Gasteiger partial charge on any atom is 0.272 e. The molecule has 2 aliphatic rings. The fourth-order valence-corrected chi connectivity index (χ4v) is 4.93. The third kappa shape index (κ3) is 2.97. The van der Waals surface area contributed by atoms with Crippen LogP contribution in [-0.4, -0.2) is 46.5 Å². The normalized spacial score (nSPS) is 16.7. The van der Waals surface area contributed by atoms with Gasteiger partial charge in [0, 0.05) is 43.8 Å².